The van der Waals surface area contributed by atoms with E-state index in [1.165, 1.54) is 24.1 Å². The maximum Gasteiger partial charge on any atom is 0.133 e. The van der Waals surface area contributed by atoms with Crippen molar-refractivity contribution in [1.29, 1.82) is 0 Å². The minimum absolute atomic E-state index is 0.474. The number of unbranched alkanes of at least 4 members (excludes halogenated alkanes) is 1. The van der Waals surface area contributed by atoms with Crippen molar-refractivity contribution in [1.82, 2.24) is 9.97 Å². The number of hydrogen-bond acceptors (Lipinski definition) is 3. The first-order valence-corrected chi connectivity index (χ1v) is 6.78. The molecule has 0 aliphatic carbocycles. The first kappa shape index (κ1) is 13.9. The third kappa shape index (κ3) is 3.99. The number of aromatic nitrogens is 2. The Morgan fingerprint density at radius 1 is 1.18 bits per heavy atom. The zero-order valence-electron chi connectivity index (χ0n) is 11.6. The third-order valence-corrected chi connectivity index (χ3v) is 2.85. The van der Waals surface area contributed by atoms with Crippen LogP contribution >= 0.6 is 0 Å². The molecule has 3 heteroatoms. The quantitative estimate of drug-likeness (QED) is 0.782. The van der Waals surface area contributed by atoms with Crippen LogP contribution in [-0.4, -0.2) is 16.5 Å². The number of aryl methyl sites for hydroxylation is 1. The summed E-state index contributed by atoms with van der Waals surface area (Å²) in [7, 11) is 0. The van der Waals surface area contributed by atoms with Crippen LogP contribution in [0.4, 0.5) is 5.82 Å². The van der Waals surface area contributed by atoms with Crippen molar-refractivity contribution in [2.45, 2.75) is 59.3 Å². The van der Waals surface area contributed by atoms with E-state index in [2.05, 4.69) is 43.0 Å². The summed E-state index contributed by atoms with van der Waals surface area (Å²) in [5.74, 6) is 1.50. The Labute approximate surface area is 105 Å². The second-order valence-electron chi connectivity index (χ2n) is 4.77. The first-order chi connectivity index (χ1) is 8.20. The summed E-state index contributed by atoms with van der Waals surface area (Å²) in [6, 6.07) is 0. The summed E-state index contributed by atoms with van der Waals surface area (Å²) in [6.07, 6.45) is 6.28. The number of anilines is 1. The van der Waals surface area contributed by atoms with Gasteiger partial charge in [0.05, 0.1) is 0 Å². The van der Waals surface area contributed by atoms with Crippen LogP contribution in [0.1, 0.15) is 64.1 Å². The number of nitrogens with one attached hydrogen (secondary N) is 1. The van der Waals surface area contributed by atoms with E-state index in [1.54, 1.807) is 6.33 Å². The Bertz CT molecular complexity index is 308. The highest BCUT2D eigenvalue weighted by Gasteiger charge is 2.13. The van der Waals surface area contributed by atoms with Crippen molar-refractivity contribution >= 4 is 5.82 Å². The Balaban J connectivity index is 2.95. The molecule has 17 heavy (non-hydrogen) atoms. The average molecular weight is 235 g/mol. The predicted molar refractivity (Wildman–Crippen MR) is 73.5 cm³/mol. The van der Waals surface area contributed by atoms with Gasteiger partial charge in [0.25, 0.3) is 0 Å². The van der Waals surface area contributed by atoms with Crippen LogP contribution in [0.2, 0.25) is 0 Å². The van der Waals surface area contributed by atoms with Gasteiger partial charge in [0.15, 0.2) is 0 Å². The molecular weight excluding hydrogens is 210 g/mol. The lowest BCUT2D eigenvalue weighted by molar-refractivity contribution is 0.738. The second-order valence-corrected chi connectivity index (χ2v) is 4.77. The van der Waals surface area contributed by atoms with Crippen LogP contribution in [0.25, 0.3) is 0 Å². The molecule has 0 saturated heterocycles. The molecule has 0 aromatic carbocycles. The van der Waals surface area contributed by atoms with E-state index in [1.807, 2.05) is 0 Å². The van der Waals surface area contributed by atoms with Crippen LogP contribution < -0.4 is 5.32 Å². The largest absolute Gasteiger partial charge is 0.370 e. The molecule has 1 aromatic rings. The standard InChI is InChI=1S/C14H25N3/c1-5-7-8-12-13(11(3)4)14(15-9-6-2)17-10-16-12/h10-11H,5-9H2,1-4H3,(H,15,16,17). The van der Waals surface area contributed by atoms with Crippen molar-refractivity contribution in [3.05, 3.63) is 17.6 Å². The minimum atomic E-state index is 0.474. The molecule has 0 radical (unpaired) electrons. The van der Waals surface area contributed by atoms with Gasteiger partial charge in [-0.15, -0.1) is 0 Å². The van der Waals surface area contributed by atoms with E-state index in [4.69, 9.17) is 0 Å². The fourth-order valence-corrected chi connectivity index (χ4v) is 1.97. The minimum Gasteiger partial charge on any atom is -0.370 e. The topological polar surface area (TPSA) is 37.8 Å². The Hall–Kier alpha value is -1.12. The molecule has 1 rings (SSSR count). The van der Waals surface area contributed by atoms with Gasteiger partial charge in [0, 0.05) is 17.8 Å². The van der Waals surface area contributed by atoms with Crippen molar-refractivity contribution in [3.63, 3.8) is 0 Å². The molecule has 0 spiro atoms. The molecule has 0 aliphatic rings. The van der Waals surface area contributed by atoms with Crippen molar-refractivity contribution < 1.29 is 0 Å². The molecular formula is C14H25N3. The molecule has 0 bridgehead atoms. The molecule has 0 fully saturated rings. The first-order valence-electron chi connectivity index (χ1n) is 6.78. The van der Waals surface area contributed by atoms with Crippen molar-refractivity contribution in [2.24, 2.45) is 0 Å². The maximum absolute atomic E-state index is 4.46. The fourth-order valence-electron chi connectivity index (χ4n) is 1.97. The Morgan fingerprint density at radius 2 is 1.94 bits per heavy atom. The van der Waals surface area contributed by atoms with Gasteiger partial charge in [-0.1, -0.05) is 34.1 Å². The number of nitrogens with zero attached hydrogens (tertiary/aromatic N) is 2. The monoisotopic (exact) mass is 235 g/mol. The van der Waals surface area contributed by atoms with Gasteiger partial charge in [-0.05, 0) is 25.2 Å². The summed E-state index contributed by atoms with van der Waals surface area (Å²) < 4.78 is 0. The molecule has 0 aliphatic heterocycles. The van der Waals surface area contributed by atoms with Crippen LogP contribution in [-0.2, 0) is 6.42 Å². The SMILES string of the molecule is CCCCc1ncnc(NCCC)c1C(C)C. The van der Waals surface area contributed by atoms with Gasteiger partial charge in [-0.2, -0.15) is 0 Å². The van der Waals surface area contributed by atoms with Gasteiger partial charge in [-0.25, -0.2) is 9.97 Å². The number of rotatable bonds is 7. The highest BCUT2D eigenvalue weighted by atomic mass is 15.0. The lowest BCUT2D eigenvalue weighted by Crippen LogP contribution is -2.10. The summed E-state index contributed by atoms with van der Waals surface area (Å²) in [4.78, 5) is 8.84. The molecule has 3 nitrogen and oxygen atoms in total. The van der Waals surface area contributed by atoms with E-state index in [0.717, 1.165) is 25.2 Å². The highest BCUT2D eigenvalue weighted by Crippen LogP contribution is 2.25. The zero-order valence-corrected chi connectivity index (χ0v) is 11.6. The number of hydrogen-bond donors (Lipinski definition) is 1. The van der Waals surface area contributed by atoms with Gasteiger partial charge >= 0.3 is 0 Å². The van der Waals surface area contributed by atoms with Crippen LogP contribution in [0, 0.1) is 0 Å². The zero-order chi connectivity index (χ0) is 12.7. The van der Waals surface area contributed by atoms with Crippen molar-refractivity contribution in [3.8, 4) is 0 Å². The van der Waals surface area contributed by atoms with Gasteiger partial charge in [0.2, 0.25) is 0 Å². The Kier molecular flexibility index (Phi) is 5.95. The second kappa shape index (κ2) is 7.25. The van der Waals surface area contributed by atoms with Gasteiger partial charge < -0.3 is 5.32 Å². The molecule has 1 N–H and O–H groups in total. The summed E-state index contributed by atoms with van der Waals surface area (Å²) >= 11 is 0. The van der Waals surface area contributed by atoms with E-state index < -0.39 is 0 Å². The summed E-state index contributed by atoms with van der Waals surface area (Å²) in [6.45, 7) is 9.79. The lowest BCUT2D eigenvalue weighted by Gasteiger charge is -2.16. The smallest absolute Gasteiger partial charge is 0.133 e. The van der Waals surface area contributed by atoms with E-state index in [0.29, 0.717) is 5.92 Å². The molecule has 0 saturated carbocycles. The highest BCUT2D eigenvalue weighted by molar-refractivity contribution is 5.47. The molecule has 0 atom stereocenters. The average Bonchev–Trinajstić information content (AvgIpc) is 2.33. The van der Waals surface area contributed by atoms with Crippen LogP contribution in [0.5, 0.6) is 0 Å². The summed E-state index contributed by atoms with van der Waals surface area (Å²) in [5, 5.41) is 3.41. The normalized spacial score (nSPS) is 10.9. The fraction of sp³-hybridized carbons (Fsp3) is 0.714. The Morgan fingerprint density at radius 3 is 2.53 bits per heavy atom. The lowest BCUT2D eigenvalue weighted by atomic mass is 9.99. The van der Waals surface area contributed by atoms with Gasteiger partial charge in [0.1, 0.15) is 12.1 Å². The van der Waals surface area contributed by atoms with E-state index in [9.17, 15) is 0 Å². The van der Waals surface area contributed by atoms with E-state index in [-0.39, 0.29) is 0 Å². The van der Waals surface area contributed by atoms with E-state index >= 15 is 0 Å². The summed E-state index contributed by atoms with van der Waals surface area (Å²) in [5.41, 5.74) is 2.52. The van der Waals surface area contributed by atoms with Crippen molar-refractivity contribution in [2.75, 3.05) is 11.9 Å². The van der Waals surface area contributed by atoms with Crippen LogP contribution in [0.3, 0.4) is 0 Å². The molecule has 96 valence electrons. The predicted octanol–water partition coefficient (Wildman–Crippen LogP) is 3.76. The molecule has 1 heterocycles. The maximum atomic E-state index is 4.46. The molecule has 1 aromatic heterocycles. The van der Waals surface area contributed by atoms with Gasteiger partial charge in [-0.3, -0.25) is 0 Å². The third-order valence-electron chi connectivity index (χ3n) is 2.85. The molecule has 0 unspecified atom stereocenters. The van der Waals surface area contributed by atoms with Crippen LogP contribution in [0.15, 0.2) is 6.33 Å². The molecule has 0 amide bonds.